The molecule has 13 heavy (non-hydrogen) atoms. The van der Waals surface area contributed by atoms with Gasteiger partial charge in [-0.25, -0.2) is 0 Å². The van der Waals surface area contributed by atoms with Gasteiger partial charge < -0.3 is 0 Å². The number of nitrogens with zero attached hydrogens (tertiary/aromatic N) is 1. The van der Waals surface area contributed by atoms with E-state index >= 15 is 0 Å². The van der Waals surface area contributed by atoms with Crippen molar-refractivity contribution in [3.8, 4) is 0 Å². The van der Waals surface area contributed by atoms with E-state index in [9.17, 15) is 10.1 Å². The number of non-ortho nitro benzene ring substituents is 1. The number of halogens is 4. The molecule has 1 aromatic rings. The molecule has 1 rings (SSSR count). The molecule has 76 valence electrons. The van der Waals surface area contributed by atoms with Crippen LogP contribution in [0.1, 0.15) is 0 Å². The third-order valence-corrected chi connectivity index (χ3v) is 1.57. The van der Waals surface area contributed by atoms with Crippen LogP contribution in [0.5, 0.6) is 0 Å². The molecule has 0 spiro atoms. The lowest BCUT2D eigenvalue weighted by Crippen LogP contribution is -1.85. The van der Waals surface area contributed by atoms with Crippen molar-refractivity contribution in [3.63, 3.8) is 0 Å². The lowest BCUT2D eigenvalue weighted by molar-refractivity contribution is -0.384. The van der Waals surface area contributed by atoms with E-state index in [4.69, 9.17) is 0 Å². The number of nitro benzene ring substituents is 1. The van der Waals surface area contributed by atoms with Crippen molar-refractivity contribution in [1.82, 2.24) is 0 Å². The fraction of sp³-hybridized carbons (Fsp3) is 0. The van der Waals surface area contributed by atoms with Crippen LogP contribution in [0.3, 0.4) is 0 Å². The first-order valence-corrected chi connectivity index (χ1v) is 3.39. The van der Waals surface area contributed by atoms with Gasteiger partial charge in [-0.3, -0.25) is 24.2 Å². The Morgan fingerprint density at radius 1 is 1.08 bits per heavy atom. The molecule has 3 nitrogen and oxygen atoms in total. The van der Waals surface area contributed by atoms with Crippen LogP contribution in [0, 0.1) is 10.1 Å². The predicted molar refractivity (Wildman–Crippen MR) is 48.3 cm³/mol. The summed E-state index contributed by atoms with van der Waals surface area (Å²) in [5.41, 5.74) is 0.114. The van der Waals surface area contributed by atoms with E-state index in [0.29, 0.717) is 0 Å². The van der Waals surface area contributed by atoms with E-state index in [-0.39, 0.29) is 19.8 Å². The summed E-state index contributed by atoms with van der Waals surface area (Å²) in [4.78, 5) is 9.68. The van der Waals surface area contributed by atoms with Crippen LogP contribution in [0.15, 0.2) is 28.7 Å². The molecule has 0 bridgehead atoms. The Bertz CT molecular complexity index is 255. The number of hydrogen-bond acceptors (Lipinski definition) is 2. The van der Waals surface area contributed by atoms with Gasteiger partial charge in [-0.05, 0) is 12.1 Å². The van der Waals surface area contributed by atoms with Crippen LogP contribution in [-0.4, -0.2) is 4.92 Å². The summed E-state index contributed by atoms with van der Waals surface area (Å²) in [5, 5.41) is 10.1. The van der Waals surface area contributed by atoms with Crippen molar-refractivity contribution < 1.29 is 19.0 Å². The molecule has 1 aromatic carbocycles. The lowest BCUT2D eigenvalue weighted by Gasteiger charge is -1.88. The van der Waals surface area contributed by atoms with Gasteiger partial charge in [0.2, 0.25) is 0 Å². The van der Waals surface area contributed by atoms with Crippen molar-refractivity contribution in [1.29, 1.82) is 0 Å². The highest BCUT2D eigenvalue weighted by atomic mass is 79.9. The standard InChI is InChI=1S/C6H4BrNO2.3FH/c7-5-1-3-6(4-2-5)8(9)10;;;/h1-4H;3*1H. The van der Waals surface area contributed by atoms with Crippen LogP contribution in [0.2, 0.25) is 0 Å². The fourth-order valence-electron chi connectivity index (χ4n) is 0.563. The molecule has 0 saturated heterocycles. The number of benzene rings is 1. The molecule has 0 aromatic heterocycles. The van der Waals surface area contributed by atoms with E-state index in [1.54, 1.807) is 12.1 Å². The summed E-state index contributed by atoms with van der Waals surface area (Å²) >= 11 is 3.17. The zero-order valence-electron chi connectivity index (χ0n) is 6.18. The third kappa shape index (κ3) is 5.18. The molecular formula is C6H7BrF3NO2. The first-order valence-electron chi connectivity index (χ1n) is 2.60. The summed E-state index contributed by atoms with van der Waals surface area (Å²) in [5.74, 6) is 0. The van der Waals surface area contributed by atoms with Gasteiger partial charge in [0.1, 0.15) is 0 Å². The number of nitro groups is 1. The Morgan fingerprint density at radius 3 is 1.77 bits per heavy atom. The van der Waals surface area contributed by atoms with Gasteiger partial charge in [0.05, 0.1) is 4.92 Å². The van der Waals surface area contributed by atoms with Gasteiger partial charge in [0.15, 0.2) is 0 Å². The van der Waals surface area contributed by atoms with Crippen LogP contribution in [-0.2, 0) is 0 Å². The second-order valence-corrected chi connectivity index (χ2v) is 2.65. The quantitative estimate of drug-likeness (QED) is 0.576. The van der Waals surface area contributed by atoms with E-state index < -0.39 is 4.92 Å². The first kappa shape index (κ1) is 17.8. The SMILES string of the molecule is F.F.F.O=[N+]([O-])c1ccc(Br)cc1. The molecule has 0 heterocycles. The minimum absolute atomic E-state index is 0. The van der Waals surface area contributed by atoms with Gasteiger partial charge in [0.25, 0.3) is 5.69 Å². The monoisotopic (exact) mass is 261 g/mol. The zero-order valence-corrected chi connectivity index (χ0v) is 7.76. The van der Waals surface area contributed by atoms with Gasteiger partial charge in [-0.1, -0.05) is 15.9 Å². The van der Waals surface area contributed by atoms with Crippen molar-refractivity contribution in [3.05, 3.63) is 38.9 Å². The topological polar surface area (TPSA) is 43.1 Å². The second kappa shape index (κ2) is 7.53. The number of hydrogen-bond donors (Lipinski definition) is 0. The lowest BCUT2D eigenvalue weighted by atomic mass is 10.3. The minimum atomic E-state index is -0.424. The maximum atomic E-state index is 10.1. The first-order chi connectivity index (χ1) is 4.70. The molecule has 0 aliphatic carbocycles. The van der Waals surface area contributed by atoms with Gasteiger partial charge in [-0.15, -0.1) is 0 Å². The van der Waals surface area contributed by atoms with E-state index in [1.807, 2.05) is 0 Å². The molecule has 0 saturated carbocycles. The summed E-state index contributed by atoms with van der Waals surface area (Å²) in [6, 6.07) is 6.17. The fourth-order valence-corrected chi connectivity index (χ4v) is 0.827. The van der Waals surface area contributed by atoms with Crippen molar-refractivity contribution >= 4 is 21.6 Å². The molecular weight excluding hydrogens is 255 g/mol. The van der Waals surface area contributed by atoms with E-state index in [0.717, 1.165) is 4.47 Å². The van der Waals surface area contributed by atoms with Crippen LogP contribution >= 0.6 is 15.9 Å². The van der Waals surface area contributed by atoms with Crippen molar-refractivity contribution in [2.75, 3.05) is 0 Å². The van der Waals surface area contributed by atoms with Gasteiger partial charge in [-0.2, -0.15) is 0 Å². The molecule has 0 radical (unpaired) electrons. The summed E-state index contributed by atoms with van der Waals surface area (Å²) in [6.45, 7) is 0. The average Bonchev–Trinajstić information content (AvgIpc) is 1.88. The summed E-state index contributed by atoms with van der Waals surface area (Å²) in [7, 11) is 0. The minimum Gasteiger partial charge on any atom is -0.269 e. The normalized spacial score (nSPS) is 7.15. The van der Waals surface area contributed by atoms with Gasteiger partial charge >= 0.3 is 0 Å². The molecule has 0 amide bonds. The molecule has 0 atom stereocenters. The summed E-state index contributed by atoms with van der Waals surface area (Å²) < 4.78 is 0.845. The Morgan fingerprint density at radius 2 is 1.46 bits per heavy atom. The Labute approximate surface area is 80.1 Å². The Balaban J connectivity index is -0.000000333. The molecule has 0 aliphatic heterocycles. The molecule has 0 aliphatic rings. The molecule has 0 N–H and O–H groups in total. The Kier molecular flexibility index (Phi) is 10.3. The molecule has 0 unspecified atom stereocenters. The highest BCUT2D eigenvalue weighted by molar-refractivity contribution is 9.10. The van der Waals surface area contributed by atoms with Crippen LogP contribution in [0.4, 0.5) is 19.8 Å². The maximum Gasteiger partial charge on any atom is 0.269 e. The smallest absolute Gasteiger partial charge is 0.269 e. The third-order valence-electron chi connectivity index (χ3n) is 1.04. The zero-order chi connectivity index (χ0) is 7.56. The average molecular weight is 262 g/mol. The largest absolute Gasteiger partial charge is 0.269 e. The predicted octanol–water partition coefficient (Wildman–Crippen LogP) is 2.81. The van der Waals surface area contributed by atoms with Crippen LogP contribution < -0.4 is 0 Å². The molecule has 0 fully saturated rings. The summed E-state index contributed by atoms with van der Waals surface area (Å²) in [6.07, 6.45) is 0. The number of rotatable bonds is 1. The van der Waals surface area contributed by atoms with E-state index in [1.165, 1.54) is 12.1 Å². The highest BCUT2D eigenvalue weighted by Crippen LogP contribution is 2.15. The van der Waals surface area contributed by atoms with Crippen molar-refractivity contribution in [2.24, 2.45) is 0 Å². The van der Waals surface area contributed by atoms with Crippen LogP contribution in [0.25, 0.3) is 0 Å². The highest BCUT2D eigenvalue weighted by Gasteiger charge is 2.01. The molecule has 7 heteroatoms. The second-order valence-electron chi connectivity index (χ2n) is 1.73. The maximum absolute atomic E-state index is 10.1. The Hall–Kier alpha value is -1.11. The van der Waals surface area contributed by atoms with Crippen molar-refractivity contribution in [2.45, 2.75) is 0 Å². The van der Waals surface area contributed by atoms with Gasteiger partial charge in [0, 0.05) is 16.6 Å². The van der Waals surface area contributed by atoms with E-state index in [2.05, 4.69) is 15.9 Å².